The number of ether oxygens (including phenoxy) is 1. The van der Waals surface area contributed by atoms with Gasteiger partial charge in [-0.1, -0.05) is 41.7 Å². The first-order chi connectivity index (χ1) is 9.70. The van der Waals surface area contributed by atoms with Crippen molar-refractivity contribution in [2.45, 2.75) is 26.5 Å². The van der Waals surface area contributed by atoms with Gasteiger partial charge in [-0.3, -0.25) is 0 Å². The van der Waals surface area contributed by atoms with Crippen LogP contribution in [0.3, 0.4) is 0 Å². The summed E-state index contributed by atoms with van der Waals surface area (Å²) in [7, 11) is 0. The van der Waals surface area contributed by atoms with Crippen molar-refractivity contribution in [3.05, 3.63) is 52.0 Å². The van der Waals surface area contributed by atoms with Crippen molar-refractivity contribution in [3.8, 4) is 0 Å². The quantitative estimate of drug-likeness (QED) is 0.503. The van der Waals surface area contributed by atoms with Crippen LogP contribution in [0.15, 0.2) is 35.8 Å². The lowest BCUT2D eigenvalue weighted by atomic mass is 10.2. The highest BCUT2D eigenvalue weighted by Crippen LogP contribution is 2.11. The number of aromatic nitrogens is 1. The lowest BCUT2D eigenvalue weighted by molar-refractivity contribution is -0.687. The van der Waals surface area contributed by atoms with E-state index in [9.17, 15) is 4.79 Å². The molecule has 1 N–H and O–H groups in total. The predicted octanol–water partition coefficient (Wildman–Crippen LogP) is -1.37. The summed E-state index contributed by atoms with van der Waals surface area (Å²) < 4.78 is 7.12. The van der Waals surface area contributed by atoms with Gasteiger partial charge in [0.1, 0.15) is 6.61 Å². The molecule has 4 nitrogen and oxygen atoms in total. The van der Waals surface area contributed by atoms with Gasteiger partial charge < -0.3 is 26.8 Å². The third kappa shape index (κ3) is 5.22. The fraction of sp³-hybridized carbons (Fsp3) is 0.333. The second-order valence-electron chi connectivity index (χ2n) is 4.48. The molecule has 114 valence electrons. The summed E-state index contributed by atoms with van der Waals surface area (Å²) in [6, 6.07) is 9.62. The van der Waals surface area contributed by atoms with Gasteiger partial charge in [0, 0.05) is 20.0 Å². The van der Waals surface area contributed by atoms with Gasteiger partial charge >= 0.3 is 5.97 Å². The maximum absolute atomic E-state index is 11.8. The molecule has 0 radical (unpaired) electrons. The molecule has 0 saturated heterocycles. The molecule has 0 amide bonds. The number of hydrogen-bond acceptors (Lipinski definition) is 4. The molecular formula is C15H18BrNO3S. The molecule has 1 aromatic carbocycles. The Morgan fingerprint density at radius 2 is 2.05 bits per heavy atom. The van der Waals surface area contributed by atoms with Crippen LogP contribution in [0.5, 0.6) is 0 Å². The number of halogens is 1. The Morgan fingerprint density at radius 1 is 1.33 bits per heavy atom. The van der Waals surface area contributed by atoms with E-state index in [1.165, 1.54) is 0 Å². The maximum atomic E-state index is 11.8. The van der Waals surface area contributed by atoms with E-state index in [2.05, 4.69) is 0 Å². The van der Waals surface area contributed by atoms with E-state index in [-0.39, 0.29) is 36.1 Å². The standard InChI is InChI=1S/C15H18NO3S.BrH/c1-12-14(7-8-17)20-11-16(12)9-15(18)19-10-13-5-3-2-4-6-13;/h2-6,11,17H,7-10H2,1H3;1H/q+1;/p-1. The van der Waals surface area contributed by atoms with Crippen LogP contribution in [0.1, 0.15) is 16.1 Å². The van der Waals surface area contributed by atoms with E-state index in [0.717, 1.165) is 16.1 Å². The zero-order chi connectivity index (χ0) is 14.4. The number of nitrogens with zero attached hydrogens (tertiary/aromatic N) is 1. The van der Waals surface area contributed by atoms with Gasteiger partial charge in [0.25, 0.3) is 0 Å². The van der Waals surface area contributed by atoms with Gasteiger partial charge in [0.2, 0.25) is 12.1 Å². The van der Waals surface area contributed by atoms with Crippen molar-refractivity contribution in [1.29, 1.82) is 0 Å². The van der Waals surface area contributed by atoms with Crippen LogP contribution in [0, 0.1) is 6.92 Å². The average molecular weight is 372 g/mol. The minimum absolute atomic E-state index is 0. The van der Waals surface area contributed by atoms with Gasteiger partial charge in [0.15, 0.2) is 5.69 Å². The molecule has 0 fully saturated rings. The van der Waals surface area contributed by atoms with Gasteiger partial charge in [0.05, 0.1) is 4.88 Å². The second kappa shape index (κ2) is 8.92. The van der Waals surface area contributed by atoms with Crippen molar-refractivity contribution < 1.29 is 36.2 Å². The molecule has 1 aromatic heterocycles. The van der Waals surface area contributed by atoms with Crippen LogP contribution in [0.25, 0.3) is 0 Å². The van der Waals surface area contributed by atoms with Gasteiger partial charge in [-0.25, -0.2) is 4.79 Å². The summed E-state index contributed by atoms with van der Waals surface area (Å²) >= 11 is 1.55. The van der Waals surface area contributed by atoms with Crippen LogP contribution in [0.4, 0.5) is 0 Å². The number of carbonyl (C=O) groups excluding carboxylic acids is 1. The second-order valence-corrected chi connectivity index (χ2v) is 5.42. The van der Waals surface area contributed by atoms with Crippen molar-refractivity contribution in [2.24, 2.45) is 0 Å². The number of benzene rings is 1. The lowest BCUT2D eigenvalue weighted by Crippen LogP contribution is -3.00. The number of aliphatic hydroxyl groups is 1. The van der Waals surface area contributed by atoms with Crippen LogP contribution in [0.2, 0.25) is 0 Å². The topological polar surface area (TPSA) is 50.4 Å². The number of carbonyl (C=O) groups is 1. The highest BCUT2D eigenvalue weighted by Gasteiger charge is 2.18. The number of aliphatic hydroxyl groups excluding tert-OH is 1. The molecule has 0 atom stereocenters. The molecule has 0 aliphatic rings. The third-order valence-corrected chi connectivity index (χ3v) is 4.18. The SMILES string of the molecule is Cc1c(CCO)sc[n+]1CC(=O)OCc1ccccc1.[Br-]. The highest BCUT2D eigenvalue weighted by atomic mass is 79.9. The highest BCUT2D eigenvalue weighted by molar-refractivity contribution is 7.09. The Bertz CT molecular complexity index is 572. The van der Waals surface area contributed by atoms with E-state index >= 15 is 0 Å². The average Bonchev–Trinajstić information content (AvgIpc) is 2.80. The van der Waals surface area contributed by atoms with Crippen molar-refractivity contribution >= 4 is 17.3 Å². The van der Waals surface area contributed by atoms with Crippen molar-refractivity contribution in [1.82, 2.24) is 0 Å². The first kappa shape index (κ1) is 17.8. The molecule has 0 bridgehead atoms. The zero-order valence-electron chi connectivity index (χ0n) is 11.8. The molecule has 0 aliphatic heterocycles. The third-order valence-electron chi connectivity index (χ3n) is 3.04. The Balaban J connectivity index is 0.00000220. The minimum atomic E-state index is -0.254. The van der Waals surface area contributed by atoms with E-state index in [1.807, 2.05) is 47.3 Å². The van der Waals surface area contributed by atoms with Crippen LogP contribution in [-0.2, 0) is 29.1 Å². The molecule has 6 heteroatoms. The molecule has 2 rings (SSSR count). The van der Waals surface area contributed by atoms with Crippen molar-refractivity contribution in [2.75, 3.05) is 6.61 Å². The van der Waals surface area contributed by atoms with Gasteiger partial charge in [-0.15, -0.1) is 0 Å². The number of thiazole rings is 1. The molecule has 21 heavy (non-hydrogen) atoms. The predicted molar refractivity (Wildman–Crippen MR) is 76.3 cm³/mol. The fourth-order valence-corrected chi connectivity index (χ4v) is 2.86. The van der Waals surface area contributed by atoms with Crippen molar-refractivity contribution in [3.63, 3.8) is 0 Å². The Morgan fingerprint density at radius 3 is 2.71 bits per heavy atom. The summed E-state index contributed by atoms with van der Waals surface area (Å²) in [4.78, 5) is 12.9. The van der Waals surface area contributed by atoms with E-state index < -0.39 is 0 Å². The molecule has 0 unspecified atom stereocenters. The fourth-order valence-electron chi connectivity index (χ4n) is 1.87. The van der Waals surface area contributed by atoms with Crippen LogP contribution < -0.4 is 21.5 Å². The van der Waals surface area contributed by atoms with E-state index in [4.69, 9.17) is 9.84 Å². The smallest absolute Gasteiger partial charge is 0.373 e. The summed E-state index contributed by atoms with van der Waals surface area (Å²) in [5, 5.41) is 8.95. The van der Waals surface area contributed by atoms with Crippen LogP contribution in [-0.4, -0.2) is 17.7 Å². The molecule has 0 saturated carbocycles. The Hall–Kier alpha value is -1.24. The minimum Gasteiger partial charge on any atom is -1.00 e. The van der Waals surface area contributed by atoms with E-state index in [0.29, 0.717) is 13.0 Å². The summed E-state index contributed by atoms with van der Waals surface area (Å²) in [6.45, 7) is 2.58. The zero-order valence-corrected chi connectivity index (χ0v) is 14.2. The first-order valence-electron chi connectivity index (χ1n) is 6.47. The van der Waals surface area contributed by atoms with Gasteiger partial charge in [-0.05, 0) is 5.56 Å². The molecular weight excluding hydrogens is 354 g/mol. The summed E-state index contributed by atoms with van der Waals surface area (Å²) in [5.41, 5.74) is 3.89. The van der Waals surface area contributed by atoms with Crippen LogP contribution >= 0.6 is 11.3 Å². The first-order valence-corrected chi connectivity index (χ1v) is 7.35. The molecule has 0 aliphatic carbocycles. The number of rotatable bonds is 6. The van der Waals surface area contributed by atoms with E-state index in [1.54, 1.807) is 11.3 Å². The Kier molecular flexibility index (Phi) is 7.56. The Labute approximate surface area is 138 Å². The normalized spacial score (nSPS) is 10.0. The largest absolute Gasteiger partial charge is 1.00 e. The molecule has 1 heterocycles. The lowest BCUT2D eigenvalue weighted by Gasteiger charge is -2.02. The van der Waals surface area contributed by atoms with Gasteiger partial charge in [-0.2, -0.15) is 4.57 Å². The molecule has 0 spiro atoms. The summed E-state index contributed by atoms with van der Waals surface area (Å²) in [6.07, 6.45) is 0.628. The summed E-state index contributed by atoms with van der Waals surface area (Å²) in [5.74, 6) is -0.254. The number of esters is 1. The maximum Gasteiger partial charge on any atom is 0.373 e. The number of hydrogen-bond donors (Lipinski definition) is 1. The molecule has 2 aromatic rings. The monoisotopic (exact) mass is 371 g/mol.